The normalized spacial score (nSPS) is 16.9. The van der Waals surface area contributed by atoms with Crippen molar-refractivity contribution in [3.8, 4) is 0 Å². The number of allylic oxidation sites excluding steroid dienone is 2. The van der Waals surface area contributed by atoms with Crippen LogP contribution in [0.2, 0.25) is 5.02 Å². The molecule has 9 heteroatoms. The number of halogens is 1. The summed E-state index contributed by atoms with van der Waals surface area (Å²) in [4.78, 5) is 39.6. The number of carbonyl (C=O) groups excluding carboxylic acids is 2. The number of urea groups is 1. The summed E-state index contributed by atoms with van der Waals surface area (Å²) in [5.74, 6) is 0.875. The van der Waals surface area contributed by atoms with E-state index < -0.39 is 5.41 Å². The predicted molar refractivity (Wildman–Crippen MR) is 146 cm³/mol. The fraction of sp³-hybridized carbons (Fsp3) is 0.429. The smallest absolute Gasteiger partial charge is 0.317 e. The molecule has 37 heavy (non-hydrogen) atoms. The number of amides is 3. The van der Waals surface area contributed by atoms with Crippen LogP contribution < -0.4 is 10.2 Å². The van der Waals surface area contributed by atoms with E-state index in [1.54, 1.807) is 12.4 Å². The Kier molecular flexibility index (Phi) is 6.94. The van der Waals surface area contributed by atoms with Crippen molar-refractivity contribution in [1.82, 2.24) is 24.8 Å². The van der Waals surface area contributed by atoms with Crippen molar-refractivity contribution >= 4 is 40.3 Å². The van der Waals surface area contributed by atoms with Crippen molar-refractivity contribution < 1.29 is 9.59 Å². The molecule has 2 aliphatic heterocycles. The van der Waals surface area contributed by atoms with E-state index in [1.807, 2.05) is 60.9 Å². The number of pyridine rings is 1. The average molecular weight is 521 g/mol. The van der Waals surface area contributed by atoms with Crippen molar-refractivity contribution in [3.05, 3.63) is 65.2 Å². The predicted octanol–water partition coefficient (Wildman–Crippen LogP) is 5.05. The molecule has 0 saturated carbocycles. The summed E-state index contributed by atoms with van der Waals surface area (Å²) >= 11 is 6.26. The Labute approximate surface area is 222 Å². The highest BCUT2D eigenvalue weighted by Gasteiger charge is 2.52. The van der Waals surface area contributed by atoms with Crippen LogP contribution in [0.1, 0.15) is 51.4 Å². The second-order valence-electron chi connectivity index (χ2n) is 10.1. The van der Waals surface area contributed by atoms with Crippen LogP contribution in [0.5, 0.6) is 0 Å². The highest BCUT2D eigenvalue weighted by Crippen LogP contribution is 2.48. The molecule has 3 amide bonds. The Morgan fingerprint density at radius 2 is 2.03 bits per heavy atom. The van der Waals surface area contributed by atoms with Crippen molar-refractivity contribution in [2.75, 3.05) is 18.0 Å². The van der Waals surface area contributed by atoms with Crippen molar-refractivity contribution in [2.24, 2.45) is 0 Å². The van der Waals surface area contributed by atoms with Gasteiger partial charge in [0.15, 0.2) is 0 Å². The number of imidazole rings is 1. The third-order valence-corrected chi connectivity index (χ3v) is 7.66. The minimum absolute atomic E-state index is 0.0597. The van der Waals surface area contributed by atoms with Gasteiger partial charge in [0.25, 0.3) is 0 Å². The number of nitrogens with zero attached hydrogens (tertiary/aromatic N) is 5. The molecule has 194 valence electrons. The first-order chi connectivity index (χ1) is 17.8. The highest BCUT2D eigenvalue weighted by atomic mass is 35.5. The van der Waals surface area contributed by atoms with Gasteiger partial charge < -0.3 is 19.7 Å². The molecule has 8 nitrogen and oxygen atoms in total. The molecule has 0 unspecified atom stereocenters. The molecule has 1 fully saturated rings. The minimum Gasteiger partial charge on any atom is -0.336 e. The number of anilines is 1. The van der Waals surface area contributed by atoms with Crippen LogP contribution in [0.15, 0.2) is 48.8 Å². The zero-order valence-electron chi connectivity index (χ0n) is 21.6. The van der Waals surface area contributed by atoms with Crippen molar-refractivity contribution in [1.29, 1.82) is 0 Å². The molecule has 5 rings (SSSR count). The SMILES string of the molecule is C/C=C\CCn1c(CN2C(=O)C3(CCN(C(=O)NC(C)C)CC3)c3ccncc32)nc2cc(Cl)ccc21. The molecular weight excluding hydrogens is 488 g/mol. The van der Waals surface area contributed by atoms with Gasteiger partial charge in [-0.05, 0) is 69.9 Å². The molecule has 4 heterocycles. The van der Waals surface area contributed by atoms with Gasteiger partial charge in [0.1, 0.15) is 5.82 Å². The number of hydrogen-bond acceptors (Lipinski definition) is 4. The maximum absolute atomic E-state index is 14.1. The fourth-order valence-corrected chi connectivity index (χ4v) is 5.76. The van der Waals surface area contributed by atoms with E-state index in [-0.39, 0.29) is 18.0 Å². The van der Waals surface area contributed by atoms with E-state index in [4.69, 9.17) is 16.6 Å². The Morgan fingerprint density at radius 3 is 2.76 bits per heavy atom. The molecule has 0 atom stereocenters. The summed E-state index contributed by atoms with van der Waals surface area (Å²) in [7, 11) is 0. The van der Waals surface area contributed by atoms with Gasteiger partial charge in [0.2, 0.25) is 5.91 Å². The molecule has 2 aromatic heterocycles. The maximum atomic E-state index is 14.1. The number of hydrogen-bond donors (Lipinski definition) is 1. The lowest BCUT2D eigenvalue weighted by atomic mass is 9.74. The average Bonchev–Trinajstić information content (AvgIpc) is 3.32. The van der Waals surface area contributed by atoms with E-state index in [1.165, 1.54) is 0 Å². The summed E-state index contributed by atoms with van der Waals surface area (Å²) < 4.78 is 2.18. The second-order valence-corrected chi connectivity index (χ2v) is 10.6. The Hall–Kier alpha value is -3.39. The minimum atomic E-state index is -0.655. The molecule has 0 aliphatic carbocycles. The summed E-state index contributed by atoms with van der Waals surface area (Å²) in [5.41, 5.74) is 2.99. The van der Waals surface area contributed by atoms with Crippen LogP contribution in [-0.4, -0.2) is 50.5 Å². The van der Waals surface area contributed by atoms with E-state index in [0.717, 1.165) is 41.1 Å². The van der Waals surface area contributed by atoms with Crippen LogP contribution in [-0.2, 0) is 23.3 Å². The van der Waals surface area contributed by atoms with Crippen LogP contribution in [0.3, 0.4) is 0 Å². The fourth-order valence-electron chi connectivity index (χ4n) is 5.59. The Balaban J connectivity index is 1.46. The molecular formula is C28H33ClN6O2. The van der Waals surface area contributed by atoms with Gasteiger partial charge in [-0.2, -0.15) is 0 Å². The van der Waals surface area contributed by atoms with Crippen molar-refractivity contribution in [2.45, 2.75) is 64.6 Å². The van der Waals surface area contributed by atoms with Gasteiger partial charge >= 0.3 is 6.03 Å². The van der Waals surface area contributed by atoms with Crippen LogP contribution >= 0.6 is 11.6 Å². The van der Waals surface area contributed by atoms with Crippen LogP contribution in [0.25, 0.3) is 11.0 Å². The zero-order valence-corrected chi connectivity index (χ0v) is 22.3. The number of nitrogens with one attached hydrogen (secondary N) is 1. The first-order valence-corrected chi connectivity index (χ1v) is 13.3. The summed E-state index contributed by atoms with van der Waals surface area (Å²) in [6.45, 7) is 8.07. The van der Waals surface area contributed by atoms with E-state index >= 15 is 0 Å². The summed E-state index contributed by atoms with van der Waals surface area (Å²) in [6, 6.07) is 7.69. The first kappa shape index (κ1) is 25.3. The third kappa shape index (κ3) is 4.59. The number of benzene rings is 1. The van der Waals surface area contributed by atoms with Gasteiger partial charge in [-0.25, -0.2) is 9.78 Å². The number of fused-ring (bicyclic) bond motifs is 3. The molecule has 1 aromatic carbocycles. The van der Waals surface area contributed by atoms with Crippen LogP contribution in [0.4, 0.5) is 10.5 Å². The lowest BCUT2D eigenvalue weighted by molar-refractivity contribution is -0.124. The van der Waals surface area contributed by atoms with Crippen molar-refractivity contribution in [3.63, 3.8) is 0 Å². The summed E-state index contributed by atoms with van der Waals surface area (Å²) in [6.07, 6.45) is 9.73. The molecule has 0 bridgehead atoms. The number of carbonyl (C=O) groups is 2. The monoisotopic (exact) mass is 520 g/mol. The first-order valence-electron chi connectivity index (χ1n) is 12.9. The lowest BCUT2D eigenvalue weighted by Crippen LogP contribution is -2.53. The van der Waals surface area contributed by atoms with Gasteiger partial charge in [-0.15, -0.1) is 0 Å². The molecule has 1 N–H and O–H groups in total. The van der Waals surface area contributed by atoms with E-state index in [0.29, 0.717) is 37.5 Å². The Morgan fingerprint density at radius 1 is 1.24 bits per heavy atom. The maximum Gasteiger partial charge on any atom is 0.317 e. The largest absolute Gasteiger partial charge is 0.336 e. The lowest BCUT2D eigenvalue weighted by Gasteiger charge is -2.38. The highest BCUT2D eigenvalue weighted by molar-refractivity contribution is 6.31. The van der Waals surface area contributed by atoms with Gasteiger partial charge in [0, 0.05) is 36.9 Å². The molecule has 1 saturated heterocycles. The number of rotatable bonds is 6. The number of aryl methyl sites for hydroxylation is 1. The number of likely N-dealkylation sites (tertiary alicyclic amines) is 1. The number of piperidine rings is 1. The molecule has 3 aromatic rings. The second kappa shape index (κ2) is 10.2. The standard InChI is InChI=1S/C28H33ClN6O2/c1-4-5-6-13-34-23-8-7-20(29)16-22(23)32-25(34)18-35-24-17-30-12-9-21(24)28(26(35)36)10-14-33(15-11-28)27(37)31-19(2)3/h4-5,7-9,12,16-17,19H,6,10-11,13-15,18H2,1-3H3,(H,31,37)/b5-4-. The molecule has 2 aliphatic rings. The zero-order chi connectivity index (χ0) is 26.2. The Bertz CT molecular complexity index is 1360. The number of aromatic nitrogens is 3. The van der Waals surface area contributed by atoms with Crippen LogP contribution in [0, 0.1) is 0 Å². The van der Waals surface area contributed by atoms with Gasteiger partial charge in [-0.3, -0.25) is 9.78 Å². The molecule has 0 radical (unpaired) electrons. The van der Waals surface area contributed by atoms with E-state index in [2.05, 4.69) is 20.9 Å². The van der Waals surface area contributed by atoms with Gasteiger partial charge in [0.05, 0.1) is 34.9 Å². The van der Waals surface area contributed by atoms with Gasteiger partial charge in [-0.1, -0.05) is 23.8 Å². The topological polar surface area (TPSA) is 83.4 Å². The van der Waals surface area contributed by atoms with E-state index in [9.17, 15) is 9.59 Å². The summed E-state index contributed by atoms with van der Waals surface area (Å²) in [5, 5.41) is 3.60. The quantitative estimate of drug-likeness (QED) is 0.461. The third-order valence-electron chi connectivity index (χ3n) is 7.42. The molecule has 1 spiro atoms.